The van der Waals surface area contributed by atoms with Gasteiger partial charge < -0.3 is 35.9 Å². The van der Waals surface area contributed by atoms with Crippen molar-refractivity contribution in [2.45, 2.75) is 0 Å². The minimum atomic E-state index is -0.478. The summed E-state index contributed by atoms with van der Waals surface area (Å²) in [6, 6.07) is 15.1. The minimum Gasteiger partial charge on any atom is -0.741 e. The molecule has 0 aromatic heterocycles. The molecule has 0 atom stereocenters. The SMILES string of the molecule is CNC([S-])=NN=C(C(=NN=C([S-])NC)c1ccc([N+](=O)[O-])cc1)c1ccccc1.[Cu+2]. The average Bonchev–Trinajstić information content (AvgIpc) is 2.76. The topological polar surface area (TPSA) is 117 Å². The Morgan fingerprint density at radius 1 is 0.800 bits per heavy atom. The van der Waals surface area contributed by atoms with E-state index in [-0.39, 0.29) is 33.1 Å². The molecule has 2 rings (SSSR count). The number of amidine groups is 2. The zero-order valence-electron chi connectivity index (χ0n) is 15.9. The monoisotopic (exact) mass is 490 g/mol. The maximum atomic E-state index is 11.0. The van der Waals surface area contributed by atoms with Crippen molar-refractivity contribution < 1.29 is 22.0 Å². The molecule has 0 fully saturated rings. The number of nitrogens with zero attached hydrogens (tertiary/aromatic N) is 5. The quantitative estimate of drug-likeness (QED) is 0.160. The Kier molecular flexibility index (Phi) is 10.5. The minimum absolute atomic E-state index is 0. The van der Waals surface area contributed by atoms with Crippen LogP contribution in [-0.2, 0) is 42.3 Å². The summed E-state index contributed by atoms with van der Waals surface area (Å²) in [6.07, 6.45) is 0. The van der Waals surface area contributed by atoms with Gasteiger partial charge in [0.1, 0.15) is 11.4 Å². The Morgan fingerprint density at radius 2 is 1.23 bits per heavy atom. The molecule has 2 aromatic carbocycles. The molecule has 0 aliphatic heterocycles. The summed E-state index contributed by atoms with van der Waals surface area (Å²) in [5, 5.41) is 33.2. The fourth-order valence-electron chi connectivity index (χ4n) is 2.11. The molecule has 0 amide bonds. The second-order valence-corrected chi connectivity index (χ2v) is 6.15. The second kappa shape index (κ2) is 12.6. The van der Waals surface area contributed by atoms with Crippen LogP contribution in [0, 0.1) is 10.1 Å². The predicted molar refractivity (Wildman–Crippen MR) is 120 cm³/mol. The van der Waals surface area contributed by atoms with Gasteiger partial charge in [-0.05, 0) is 22.5 Å². The molecule has 2 aromatic rings. The van der Waals surface area contributed by atoms with Crippen molar-refractivity contribution in [3.63, 3.8) is 0 Å². The maximum Gasteiger partial charge on any atom is 2.00 e. The smallest absolute Gasteiger partial charge is 0.741 e. The Bertz CT molecular complexity index is 978. The first-order valence-electron chi connectivity index (χ1n) is 8.27. The number of rotatable bonds is 6. The van der Waals surface area contributed by atoms with Crippen molar-refractivity contribution in [2.24, 2.45) is 20.4 Å². The summed E-state index contributed by atoms with van der Waals surface area (Å²) < 4.78 is 0. The van der Waals surface area contributed by atoms with E-state index in [0.29, 0.717) is 22.6 Å². The van der Waals surface area contributed by atoms with Gasteiger partial charge in [-0.25, -0.2) is 0 Å². The van der Waals surface area contributed by atoms with E-state index in [2.05, 4.69) is 31.0 Å². The zero-order valence-corrected chi connectivity index (χ0v) is 18.4. The van der Waals surface area contributed by atoms with Crippen LogP contribution in [0.1, 0.15) is 11.1 Å². The number of hydrogen-bond donors (Lipinski definition) is 2. The summed E-state index contributed by atoms with van der Waals surface area (Å²) in [6.45, 7) is 0. The normalized spacial score (nSPS) is 12.7. The van der Waals surface area contributed by atoms with Crippen LogP contribution in [-0.4, -0.2) is 40.8 Å². The van der Waals surface area contributed by atoms with Crippen molar-refractivity contribution >= 4 is 52.7 Å². The molecule has 0 heterocycles. The first kappa shape index (κ1) is 25.1. The van der Waals surface area contributed by atoms with Gasteiger partial charge in [0, 0.05) is 37.4 Å². The summed E-state index contributed by atoms with van der Waals surface area (Å²) in [7, 11) is 3.26. The Labute approximate surface area is 195 Å². The number of benzene rings is 2. The molecular formula is C18H17CuN7O2S2. The van der Waals surface area contributed by atoms with Gasteiger partial charge in [-0.3, -0.25) is 10.1 Å². The van der Waals surface area contributed by atoms with Crippen LogP contribution in [0.25, 0.3) is 0 Å². The van der Waals surface area contributed by atoms with Gasteiger partial charge >= 0.3 is 17.1 Å². The van der Waals surface area contributed by atoms with Gasteiger partial charge in [0.2, 0.25) is 0 Å². The molecule has 0 aliphatic rings. The van der Waals surface area contributed by atoms with Crippen molar-refractivity contribution in [2.75, 3.05) is 14.1 Å². The third-order valence-electron chi connectivity index (χ3n) is 3.53. The molecule has 0 saturated heterocycles. The summed E-state index contributed by atoms with van der Waals surface area (Å²) in [5.74, 6) is 0. The van der Waals surface area contributed by atoms with Crippen molar-refractivity contribution in [3.05, 3.63) is 75.8 Å². The van der Waals surface area contributed by atoms with E-state index in [1.807, 2.05) is 30.3 Å². The molecule has 0 aliphatic carbocycles. The van der Waals surface area contributed by atoms with Gasteiger partial charge in [-0.15, -0.1) is 10.2 Å². The molecule has 12 heteroatoms. The van der Waals surface area contributed by atoms with E-state index in [1.54, 1.807) is 26.2 Å². The van der Waals surface area contributed by atoms with Gasteiger partial charge in [0.15, 0.2) is 0 Å². The Balaban J connectivity index is 0.00000450. The van der Waals surface area contributed by atoms with Crippen LogP contribution in [0.5, 0.6) is 0 Å². The predicted octanol–water partition coefficient (Wildman–Crippen LogP) is 1.95. The largest absolute Gasteiger partial charge is 2.00 e. The van der Waals surface area contributed by atoms with E-state index in [1.165, 1.54) is 12.1 Å². The summed E-state index contributed by atoms with van der Waals surface area (Å²) >= 11 is 10.1. The van der Waals surface area contributed by atoms with E-state index >= 15 is 0 Å². The molecule has 2 N–H and O–H groups in total. The van der Waals surface area contributed by atoms with Crippen molar-refractivity contribution in [1.29, 1.82) is 0 Å². The van der Waals surface area contributed by atoms with E-state index in [9.17, 15) is 10.1 Å². The molecule has 9 nitrogen and oxygen atoms in total. The molecule has 0 saturated carbocycles. The average molecular weight is 491 g/mol. The van der Waals surface area contributed by atoms with Gasteiger partial charge in [0.05, 0.1) is 4.92 Å². The van der Waals surface area contributed by atoms with Gasteiger partial charge in [-0.2, -0.15) is 10.2 Å². The molecule has 0 bridgehead atoms. The van der Waals surface area contributed by atoms with Crippen LogP contribution in [0.4, 0.5) is 5.69 Å². The fourth-order valence-corrected chi connectivity index (χ4v) is 2.19. The summed E-state index contributed by atoms with van der Waals surface area (Å²) in [4.78, 5) is 10.5. The summed E-state index contributed by atoms with van der Waals surface area (Å²) in [5.41, 5.74) is 1.91. The molecule has 159 valence electrons. The Hall–Kier alpha value is -2.92. The molecule has 0 spiro atoms. The Morgan fingerprint density at radius 3 is 1.63 bits per heavy atom. The van der Waals surface area contributed by atoms with Crippen molar-refractivity contribution in [3.8, 4) is 0 Å². The number of non-ortho nitro benzene ring substituents is 1. The van der Waals surface area contributed by atoms with E-state index in [0.717, 1.165) is 0 Å². The van der Waals surface area contributed by atoms with Crippen molar-refractivity contribution in [1.82, 2.24) is 10.6 Å². The third kappa shape index (κ3) is 7.16. The number of hydrogen-bond acceptors (Lipinski definition) is 8. The molecule has 30 heavy (non-hydrogen) atoms. The first-order valence-corrected chi connectivity index (χ1v) is 9.09. The van der Waals surface area contributed by atoms with Crippen LogP contribution in [0.15, 0.2) is 75.0 Å². The van der Waals surface area contributed by atoms with E-state index in [4.69, 9.17) is 25.3 Å². The van der Waals surface area contributed by atoms with E-state index < -0.39 is 4.92 Å². The molecular weight excluding hydrogens is 474 g/mol. The van der Waals surface area contributed by atoms with Gasteiger partial charge in [0.25, 0.3) is 5.69 Å². The first-order chi connectivity index (χ1) is 14.0. The molecule has 0 unspecified atom stereocenters. The number of nitrogens with one attached hydrogen (secondary N) is 2. The standard InChI is InChI=1S/C18H19N7O2S2.Cu/c1-19-17(28)23-21-15(12-6-4-3-5-7-12)16(22-24-18(29)20-2)13-8-10-14(11-9-13)25(26)27;/h3-11H,1-2H3,(H2,19,23,28)(H2,20,24,29);/q;+2/p-2. The number of nitro groups is 1. The molecule has 1 radical (unpaired) electrons. The van der Waals surface area contributed by atoms with Crippen LogP contribution in [0.3, 0.4) is 0 Å². The van der Waals surface area contributed by atoms with Gasteiger partial charge in [-0.1, -0.05) is 30.3 Å². The number of nitro benzene ring substituents is 1. The fraction of sp³-hybridized carbons (Fsp3) is 0.111. The van der Waals surface area contributed by atoms with Crippen LogP contribution < -0.4 is 10.6 Å². The zero-order chi connectivity index (χ0) is 21.2. The van der Waals surface area contributed by atoms with Crippen LogP contribution in [0.2, 0.25) is 0 Å². The third-order valence-corrected chi connectivity index (χ3v) is 4.10. The maximum absolute atomic E-state index is 11.0. The van der Waals surface area contributed by atoms with Crippen LogP contribution >= 0.6 is 0 Å². The second-order valence-electron chi connectivity index (χ2n) is 5.38.